The second kappa shape index (κ2) is 10.6. The Kier molecular flexibility index (Phi) is 7.61. The minimum atomic E-state index is -0.738. The minimum absolute atomic E-state index is 0.0678. The summed E-state index contributed by atoms with van der Waals surface area (Å²) in [4.78, 5) is 38.3. The lowest BCUT2D eigenvalue weighted by Crippen LogP contribution is -2.40. The largest absolute Gasteiger partial charge is 0.497 e. The van der Waals surface area contributed by atoms with Crippen LogP contribution in [-0.4, -0.2) is 53.7 Å². The summed E-state index contributed by atoms with van der Waals surface area (Å²) in [6.07, 6.45) is 0.773. The summed E-state index contributed by atoms with van der Waals surface area (Å²) in [5.41, 5.74) is 1.81. The van der Waals surface area contributed by atoms with Gasteiger partial charge in [-0.25, -0.2) is 4.79 Å². The highest BCUT2D eigenvalue weighted by molar-refractivity contribution is 6.04. The Morgan fingerprint density at radius 2 is 1.84 bits per heavy atom. The van der Waals surface area contributed by atoms with Crippen LogP contribution >= 0.6 is 0 Å². The van der Waals surface area contributed by atoms with E-state index in [9.17, 15) is 19.5 Å². The van der Waals surface area contributed by atoms with Gasteiger partial charge in [0.15, 0.2) is 0 Å². The van der Waals surface area contributed by atoms with Crippen molar-refractivity contribution in [2.45, 2.75) is 37.9 Å². The quantitative estimate of drug-likeness (QED) is 0.502. The normalized spacial score (nSPS) is 16.7. The van der Waals surface area contributed by atoms with Crippen LogP contribution < -0.4 is 15.4 Å². The summed E-state index contributed by atoms with van der Waals surface area (Å²) < 4.78 is 5.11. The van der Waals surface area contributed by atoms with E-state index in [4.69, 9.17) is 4.74 Å². The maximum Gasteiger partial charge on any atom is 0.325 e. The van der Waals surface area contributed by atoms with Gasteiger partial charge in [-0.15, -0.1) is 0 Å². The number of ether oxygens (including phenoxy) is 1. The third-order valence-corrected chi connectivity index (χ3v) is 5.18. The number of hydrogen-bond donors (Lipinski definition) is 3. The fraction of sp³-hybridized carbons (Fsp3) is 0.348. The zero-order chi connectivity index (χ0) is 22.2. The molecule has 2 atom stereocenters. The van der Waals surface area contributed by atoms with Crippen molar-refractivity contribution in [1.82, 2.24) is 15.5 Å². The molecule has 8 heteroatoms. The van der Waals surface area contributed by atoms with Gasteiger partial charge in [-0.05, 0) is 36.1 Å². The molecule has 3 N–H and O–H groups in total. The summed E-state index contributed by atoms with van der Waals surface area (Å²) in [5.74, 6) is 0.0699. The maximum absolute atomic E-state index is 12.6. The Labute approximate surface area is 181 Å². The van der Waals surface area contributed by atoms with E-state index in [2.05, 4.69) is 10.6 Å². The number of nitrogens with one attached hydrogen (secondary N) is 2. The Bertz CT molecular complexity index is 901. The van der Waals surface area contributed by atoms with Crippen LogP contribution in [0.5, 0.6) is 5.75 Å². The number of hydrogen-bond acceptors (Lipinski definition) is 5. The maximum atomic E-state index is 12.6. The highest BCUT2D eigenvalue weighted by Gasteiger charge is 2.37. The Morgan fingerprint density at radius 1 is 1.13 bits per heavy atom. The number of carbonyl (C=O) groups is 3. The predicted octanol–water partition coefficient (Wildman–Crippen LogP) is 1.62. The number of aliphatic hydroxyl groups is 1. The van der Waals surface area contributed by atoms with Crippen LogP contribution in [0.1, 0.15) is 24.0 Å². The zero-order valence-corrected chi connectivity index (χ0v) is 17.4. The molecule has 8 nitrogen and oxygen atoms in total. The van der Waals surface area contributed by atoms with Crippen LogP contribution in [0.2, 0.25) is 0 Å². The second-order valence-corrected chi connectivity index (χ2v) is 7.45. The van der Waals surface area contributed by atoms with Gasteiger partial charge in [-0.1, -0.05) is 42.5 Å². The summed E-state index contributed by atoms with van der Waals surface area (Å²) in [6.45, 7) is -0.0314. The molecule has 0 spiro atoms. The first kappa shape index (κ1) is 22.3. The van der Waals surface area contributed by atoms with Crippen molar-refractivity contribution in [3.05, 3.63) is 65.7 Å². The van der Waals surface area contributed by atoms with E-state index in [0.29, 0.717) is 12.2 Å². The number of rotatable bonds is 10. The van der Waals surface area contributed by atoms with E-state index >= 15 is 0 Å². The van der Waals surface area contributed by atoms with Gasteiger partial charge in [-0.2, -0.15) is 0 Å². The molecule has 0 radical (unpaired) electrons. The molecule has 1 saturated heterocycles. The van der Waals surface area contributed by atoms with E-state index in [1.807, 2.05) is 30.3 Å². The van der Waals surface area contributed by atoms with Crippen LogP contribution in [0.4, 0.5) is 4.79 Å². The van der Waals surface area contributed by atoms with Crippen molar-refractivity contribution < 1.29 is 24.2 Å². The predicted molar refractivity (Wildman–Crippen MR) is 114 cm³/mol. The Hall–Kier alpha value is -3.39. The van der Waals surface area contributed by atoms with Gasteiger partial charge in [0, 0.05) is 6.42 Å². The van der Waals surface area contributed by atoms with Gasteiger partial charge in [0.1, 0.15) is 11.8 Å². The molecule has 1 aliphatic rings. The third kappa shape index (κ3) is 6.05. The van der Waals surface area contributed by atoms with Crippen molar-refractivity contribution in [2.75, 3.05) is 13.7 Å². The van der Waals surface area contributed by atoms with Crippen LogP contribution in [-0.2, 0) is 22.6 Å². The molecule has 1 unspecified atom stereocenters. The topological polar surface area (TPSA) is 108 Å². The van der Waals surface area contributed by atoms with Gasteiger partial charge >= 0.3 is 6.03 Å². The van der Waals surface area contributed by atoms with Crippen molar-refractivity contribution >= 4 is 17.8 Å². The van der Waals surface area contributed by atoms with Crippen LogP contribution in [0.25, 0.3) is 0 Å². The summed E-state index contributed by atoms with van der Waals surface area (Å²) in [5, 5.41) is 15.0. The molecule has 0 saturated carbocycles. The number of imide groups is 1. The van der Waals surface area contributed by atoms with Crippen LogP contribution in [0, 0.1) is 0 Å². The van der Waals surface area contributed by atoms with E-state index < -0.39 is 18.1 Å². The average Bonchev–Trinajstić information content (AvgIpc) is 3.06. The first-order valence-electron chi connectivity index (χ1n) is 10.2. The standard InChI is InChI=1S/C23H27N3O5/c1-31-19-9-7-17(8-10-19)14-26-22(29)20(25-23(26)30)11-12-21(28)24-18(15-27)13-16-5-3-2-4-6-16/h2-10,18,20,27H,11-15H2,1H3,(H,24,28)(H,25,30)/t18-,20?/m0/s1. The molecule has 1 fully saturated rings. The van der Waals surface area contributed by atoms with E-state index in [-0.39, 0.29) is 37.8 Å². The van der Waals surface area contributed by atoms with Crippen molar-refractivity contribution in [3.8, 4) is 5.75 Å². The Morgan fingerprint density at radius 3 is 2.48 bits per heavy atom. The third-order valence-electron chi connectivity index (χ3n) is 5.18. The molecule has 0 aromatic heterocycles. The Balaban J connectivity index is 1.48. The van der Waals surface area contributed by atoms with Crippen LogP contribution in [0.15, 0.2) is 54.6 Å². The molecular formula is C23H27N3O5. The lowest BCUT2D eigenvalue weighted by Gasteiger charge is -2.17. The van der Waals surface area contributed by atoms with E-state index in [1.165, 1.54) is 0 Å². The highest BCUT2D eigenvalue weighted by Crippen LogP contribution is 2.17. The van der Waals surface area contributed by atoms with Crippen molar-refractivity contribution in [2.24, 2.45) is 0 Å². The fourth-order valence-corrected chi connectivity index (χ4v) is 3.47. The van der Waals surface area contributed by atoms with Gasteiger partial charge in [0.05, 0.1) is 26.3 Å². The van der Waals surface area contributed by atoms with Crippen molar-refractivity contribution in [1.29, 1.82) is 0 Å². The lowest BCUT2D eigenvalue weighted by molar-refractivity contribution is -0.128. The molecule has 3 rings (SSSR count). The number of urea groups is 1. The molecular weight excluding hydrogens is 398 g/mol. The lowest BCUT2D eigenvalue weighted by atomic mass is 10.1. The van der Waals surface area contributed by atoms with Crippen molar-refractivity contribution in [3.63, 3.8) is 0 Å². The number of amides is 4. The zero-order valence-electron chi connectivity index (χ0n) is 17.4. The SMILES string of the molecule is COc1ccc(CN2C(=O)NC(CCC(=O)N[C@H](CO)Cc3ccccc3)C2=O)cc1. The van der Waals surface area contributed by atoms with Crippen LogP contribution in [0.3, 0.4) is 0 Å². The minimum Gasteiger partial charge on any atom is -0.497 e. The second-order valence-electron chi connectivity index (χ2n) is 7.45. The monoisotopic (exact) mass is 425 g/mol. The molecule has 2 aromatic rings. The van der Waals surface area contributed by atoms with E-state index in [0.717, 1.165) is 16.0 Å². The molecule has 1 heterocycles. The number of benzene rings is 2. The summed E-state index contributed by atoms with van der Waals surface area (Å²) in [6, 6.07) is 15.1. The first-order chi connectivity index (χ1) is 15.0. The van der Waals surface area contributed by atoms with Gasteiger partial charge in [-0.3, -0.25) is 14.5 Å². The number of methoxy groups -OCH3 is 1. The molecule has 164 valence electrons. The summed E-state index contributed by atoms with van der Waals surface area (Å²) in [7, 11) is 1.57. The number of aliphatic hydroxyl groups excluding tert-OH is 1. The molecule has 0 aliphatic carbocycles. The number of carbonyl (C=O) groups excluding carboxylic acids is 3. The van der Waals surface area contributed by atoms with Gasteiger partial charge < -0.3 is 20.5 Å². The van der Waals surface area contributed by atoms with Gasteiger partial charge in [0.2, 0.25) is 5.91 Å². The molecule has 1 aliphatic heterocycles. The number of nitrogens with zero attached hydrogens (tertiary/aromatic N) is 1. The van der Waals surface area contributed by atoms with Gasteiger partial charge in [0.25, 0.3) is 5.91 Å². The molecule has 0 bridgehead atoms. The highest BCUT2D eigenvalue weighted by atomic mass is 16.5. The average molecular weight is 425 g/mol. The molecule has 2 aromatic carbocycles. The van der Waals surface area contributed by atoms with E-state index in [1.54, 1.807) is 31.4 Å². The first-order valence-corrected chi connectivity index (χ1v) is 10.2. The smallest absolute Gasteiger partial charge is 0.325 e. The molecule has 4 amide bonds. The summed E-state index contributed by atoms with van der Waals surface area (Å²) >= 11 is 0. The fourth-order valence-electron chi connectivity index (χ4n) is 3.47. The molecule has 31 heavy (non-hydrogen) atoms.